The lowest BCUT2D eigenvalue weighted by Gasteiger charge is -2.29. The Bertz CT molecular complexity index is 1530. The van der Waals surface area contributed by atoms with Crippen molar-refractivity contribution < 1.29 is 9.27 Å². The van der Waals surface area contributed by atoms with E-state index < -0.39 is 0 Å². The van der Waals surface area contributed by atoms with Gasteiger partial charge in [0.15, 0.2) is 11.4 Å². The number of aryl methyl sites for hydroxylation is 2. The molecule has 0 aliphatic carbocycles. The standard InChI is InChI=1S/C28H30FN4.2C2H6/c1-7-28(6,8-2)23-14-13-21(20-15-30-19(5)31-16-20)25-22-11-9-10-12-24(22)32-17(3)18(4)33(29)27(32)26(23)25;2*1-2/h9-16H,7-8H2,1-6H3;2*1-2H3/q+1;;. The molecule has 2 aromatic carbocycles. The predicted octanol–water partition coefficient (Wildman–Crippen LogP) is 8.78. The van der Waals surface area contributed by atoms with Crippen LogP contribution in [0.5, 0.6) is 0 Å². The van der Waals surface area contributed by atoms with E-state index in [1.54, 1.807) is 0 Å². The maximum Gasteiger partial charge on any atom is 0.331 e. The van der Waals surface area contributed by atoms with Crippen molar-refractivity contribution in [1.82, 2.24) is 14.4 Å². The monoisotopic (exact) mass is 501 g/mol. The Balaban J connectivity index is 0.000000907. The van der Waals surface area contributed by atoms with E-state index in [0.717, 1.165) is 62.0 Å². The summed E-state index contributed by atoms with van der Waals surface area (Å²) in [5.74, 6) is 0.732. The van der Waals surface area contributed by atoms with Crippen LogP contribution in [0.1, 0.15) is 84.1 Å². The van der Waals surface area contributed by atoms with Crippen molar-refractivity contribution in [3.8, 4) is 11.1 Å². The summed E-state index contributed by atoms with van der Waals surface area (Å²) >= 11 is 0. The number of benzene rings is 2. The van der Waals surface area contributed by atoms with Gasteiger partial charge in [0.2, 0.25) is 0 Å². The van der Waals surface area contributed by atoms with Crippen LogP contribution >= 0.6 is 0 Å². The molecular weight excluding hydrogens is 459 g/mol. The molecule has 0 N–H and O–H groups in total. The number of hydrogen-bond acceptors (Lipinski definition) is 2. The molecule has 196 valence electrons. The Hall–Kier alpha value is -3.34. The van der Waals surface area contributed by atoms with Gasteiger partial charge in [-0.1, -0.05) is 78.8 Å². The summed E-state index contributed by atoms with van der Waals surface area (Å²) in [6.45, 7) is 20.4. The lowest BCUT2D eigenvalue weighted by Crippen LogP contribution is -2.26. The Morgan fingerprint density at radius 1 is 0.865 bits per heavy atom. The molecule has 5 aromatic rings. The number of hydrogen-bond donors (Lipinski definition) is 0. The van der Waals surface area contributed by atoms with Gasteiger partial charge in [-0.3, -0.25) is 0 Å². The van der Waals surface area contributed by atoms with Gasteiger partial charge in [-0.05, 0) is 47.2 Å². The van der Waals surface area contributed by atoms with Crippen molar-refractivity contribution in [3.63, 3.8) is 0 Å². The molecule has 3 heterocycles. The van der Waals surface area contributed by atoms with E-state index in [-0.39, 0.29) is 5.41 Å². The molecule has 5 heteroatoms. The first-order valence-corrected chi connectivity index (χ1v) is 13.7. The van der Waals surface area contributed by atoms with Crippen LogP contribution in [0, 0.1) is 20.8 Å². The highest BCUT2D eigenvalue weighted by molar-refractivity contribution is 6.18. The lowest BCUT2D eigenvalue weighted by molar-refractivity contribution is -0.825. The van der Waals surface area contributed by atoms with Gasteiger partial charge in [0.05, 0.1) is 5.39 Å². The minimum atomic E-state index is -0.0808. The van der Waals surface area contributed by atoms with E-state index in [0.29, 0.717) is 11.3 Å². The summed E-state index contributed by atoms with van der Waals surface area (Å²) in [5.41, 5.74) is 6.19. The van der Waals surface area contributed by atoms with Gasteiger partial charge in [0, 0.05) is 47.1 Å². The summed E-state index contributed by atoms with van der Waals surface area (Å²) in [6.07, 6.45) is 5.67. The second-order valence-electron chi connectivity index (χ2n) is 9.33. The van der Waals surface area contributed by atoms with Crippen molar-refractivity contribution in [2.24, 2.45) is 0 Å². The Morgan fingerprint density at radius 3 is 2.05 bits per heavy atom. The minimum absolute atomic E-state index is 0.0808. The third-order valence-corrected chi connectivity index (χ3v) is 7.70. The first kappa shape index (κ1) is 28.2. The molecule has 37 heavy (non-hydrogen) atoms. The van der Waals surface area contributed by atoms with Crippen LogP contribution < -0.4 is 4.79 Å². The Kier molecular flexibility index (Phi) is 8.68. The molecule has 0 radical (unpaired) electrons. The fourth-order valence-electron chi connectivity index (χ4n) is 5.11. The van der Waals surface area contributed by atoms with Gasteiger partial charge in [-0.2, -0.15) is 4.40 Å². The van der Waals surface area contributed by atoms with Crippen LogP contribution in [0.15, 0.2) is 48.8 Å². The molecular formula is C32H42FN4+. The summed E-state index contributed by atoms with van der Waals surface area (Å²) in [6, 6.07) is 12.7. The number of nitrogens with zero attached hydrogens (tertiary/aromatic N) is 4. The van der Waals surface area contributed by atoms with Crippen molar-refractivity contribution in [2.75, 3.05) is 0 Å². The van der Waals surface area contributed by atoms with E-state index in [4.69, 9.17) is 0 Å². The van der Waals surface area contributed by atoms with Gasteiger partial charge in [-0.25, -0.2) is 9.97 Å². The molecule has 0 fully saturated rings. The van der Waals surface area contributed by atoms with Gasteiger partial charge < -0.3 is 0 Å². The number of pyridine rings is 1. The molecule has 0 aliphatic rings. The third kappa shape index (κ3) is 4.49. The lowest BCUT2D eigenvalue weighted by atomic mass is 9.75. The highest BCUT2D eigenvalue weighted by Crippen LogP contribution is 2.44. The SMILES string of the molecule is CC.CC.CCC(C)(CC)c1ccc(-c2cnc(C)nc2)c2c3ccccc3n3c(C)c(C)[n+](F)c3c12. The van der Waals surface area contributed by atoms with Crippen LogP contribution in [-0.4, -0.2) is 14.4 Å². The van der Waals surface area contributed by atoms with E-state index in [2.05, 4.69) is 65.5 Å². The molecule has 0 bridgehead atoms. The van der Waals surface area contributed by atoms with Crippen LogP contribution in [0.3, 0.4) is 0 Å². The Labute approximate surface area is 221 Å². The minimum Gasteiger partial charge on any atom is -0.241 e. The van der Waals surface area contributed by atoms with Gasteiger partial charge >= 0.3 is 5.65 Å². The molecule has 0 amide bonds. The van der Waals surface area contributed by atoms with Crippen LogP contribution in [0.2, 0.25) is 0 Å². The number of halogens is 1. The van der Waals surface area contributed by atoms with Crippen molar-refractivity contribution >= 4 is 27.3 Å². The second-order valence-corrected chi connectivity index (χ2v) is 9.33. The molecule has 0 unspecified atom stereocenters. The quantitative estimate of drug-likeness (QED) is 0.231. The van der Waals surface area contributed by atoms with Crippen molar-refractivity contribution in [3.05, 3.63) is 71.6 Å². The van der Waals surface area contributed by atoms with E-state index >= 15 is 4.48 Å². The number of rotatable bonds is 4. The molecule has 5 rings (SSSR count). The molecule has 4 nitrogen and oxygen atoms in total. The maximum absolute atomic E-state index is 15.9. The summed E-state index contributed by atoms with van der Waals surface area (Å²) in [5, 5.41) is 3.13. The van der Waals surface area contributed by atoms with Gasteiger partial charge in [0.1, 0.15) is 11.3 Å². The van der Waals surface area contributed by atoms with Crippen molar-refractivity contribution in [2.45, 2.75) is 87.5 Å². The van der Waals surface area contributed by atoms with Crippen molar-refractivity contribution in [1.29, 1.82) is 0 Å². The Morgan fingerprint density at radius 2 is 1.46 bits per heavy atom. The van der Waals surface area contributed by atoms with Gasteiger partial charge in [-0.15, -0.1) is 0 Å². The molecule has 3 aromatic heterocycles. The summed E-state index contributed by atoms with van der Waals surface area (Å²) in [4.78, 5) is 9.77. The smallest absolute Gasteiger partial charge is 0.241 e. The second kappa shape index (κ2) is 11.4. The first-order chi connectivity index (χ1) is 17.8. The highest BCUT2D eigenvalue weighted by atomic mass is 19.2. The zero-order valence-corrected chi connectivity index (χ0v) is 24.2. The fourth-order valence-corrected chi connectivity index (χ4v) is 5.11. The maximum atomic E-state index is 15.9. The summed E-state index contributed by atoms with van der Waals surface area (Å²) < 4.78 is 18.0. The average molecular weight is 502 g/mol. The largest absolute Gasteiger partial charge is 0.331 e. The van der Waals surface area contributed by atoms with Crippen LogP contribution in [0.4, 0.5) is 4.48 Å². The zero-order chi connectivity index (χ0) is 27.5. The number of imidazole rings is 1. The van der Waals surface area contributed by atoms with Crippen LogP contribution in [0.25, 0.3) is 38.4 Å². The van der Waals surface area contributed by atoms with Crippen LogP contribution in [-0.2, 0) is 5.41 Å². The fraction of sp³-hybridized carbons (Fsp3) is 0.406. The molecule has 0 aliphatic heterocycles. The molecule has 0 spiro atoms. The molecule has 0 saturated heterocycles. The topological polar surface area (TPSA) is 34.1 Å². The first-order valence-electron chi connectivity index (χ1n) is 13.7. The summed E-state index contributed by atoms with van der Waals surface area (Å²) in [7, 11) is 0. The van der Waals surface area contributed by atoms with E-state index in [1.807, 2.05) is 66.9 Å². The predicted molar refractivity (Wildman–Crippen MR) is 155 cm³/mol. The van der Waals surface area contributed by atoms with Gasteiger partial charge in [0.25, 0.3) is 0 Å². The average Bonchev–Trinajstić information content (AvgIpc) is 3.19. The van der Waals surface area contributed by atoms with E-state index in [9.17, 15) is 0 Å². The highest BCUT2D eigenvalue weighted by Gasteiger charge is 2.33. The number of aromatic nitrogens is 4. The zero-order valence-electron chi connectivity index (χ0n) is 24.2. The third-order valence-electron chi connectivity index (χ3n) is 7.70. The molecule has 0 atom stereocenters. The number of para-hydroxylation sites is 1. The normalized spacial score (nSPS) is 11.3. The van der Waals surface area contributed by atoms with E-state index in [1.165, 1.54) is 5.56 Å². The number of fused-ring (bicyclic) bond motifs is 6. The molecule has 0 saturated carbocycles.